The van der Waals surface area contributed by atoms with Gasteiger partial charge >= 0.3 is 12.0 Å². The highest BCUT2D eigenvalue weighted by atomic mass is 16.7. The van der Waals surface area contributed by atoms with Gasteiger partial charge in [-0.05, 0) is 92.2 Å². The standard InChI is InChI=1S/C39H50N4O6/c1-2-47-37(45)24-41-39(46)40-23-29-8-5-9-31(20-29)32-10-6-11-33(21-32)38-48-35(22-36(49-38)30-15-13-28(27-44)14-16-30)26-43-19-7-12-34(43)25-42-17-3-4-18-42/h5-6,8-11,13-16,20-21,34-36,38,44H,2-4,7,12,17-19,22-27H2,1H3,(H2,40,41,46)/t34-,35-,36+,38+/m0/s1. The molecule has 0 unspecified atom stereocenters. The number of esters is 1. The molecule has 3 aromatic rings. The number of rotatable bonds is 13. The smallest absolute Gasteiger partial charge is 0.325 e. The van der Waals surface area contributed by atoms with Gasteiger partial charge < -0.3 is 34.9 Å². The monoisotopic (exact) mass is 670 g/mol. The fourth-order valence-electron chi connectivity index (χ4n) is 7.24. The second-order valence-corrected chi connectivity index (χ2v) is 13.3. The molecule has 0 aromatic heterocycles. The summed E-state index contributed by atoms with van der Waals surface area (Å²) in [6, 6.07) is 24.5. The minimum atomic E-state index is -0.534. The SMILES string of the molecule is CCOC(=O)CNC(=O)NCc1cccc(-c2cccc([C@@H]3O[C@H](CN4CCC[C@H]4CN4CCCC4)C[C@H](c4ccc(CO)cc4)O3)c2)c1. The van der Waals surface area contributed by atoms with Gasteiger partial charge in [0.15, 0.2) is 6.29 Å². The predicted octanol–water partition coefficient (Wildman–Crippen LogP) is 5.31. The summed E-state index contributed by atoms with van der Waals surface area (Å²) >= 11 is 0. The summed E-state index contributed by atoms with van der Waals surface area (Å²) in [4.78, 5) is 29.0. The van der Waals surface area contributed by atoms with Crippen molar-refractivity contribution in [2.75, 3.05) is 45.9 Å². The average Bonchev–Trinajstić information content (AvgIpc) is 3.82. The number of nitrogens with zero attached hydrogens (tertiary/aromatic N) is 2. The summed E-state index contributed by atoms with van der Waals surface area (Å²) in [6.07, 6.45) is 5.20. The molecule has 0 spiro atoms. The Morgan fingerprint density at radius 1 is 0.857 bits per heavy atom. The molecule has 49 heavy (non-hydrogen) atoms. The van der Waals surface area contributed by atoms with E-state index in [1.807, 2.05) is 36.4 Å². The molecular weight excluding hydrogens is 620 g/mol. The molecule has 3 aliphatic rings. The van der Waals surface area contributed by atoms with E-state index in [-0.39, 0.29) is 32.0 Å². The van der Waals surface area contributed by atoms with E-state index in [2.05, 4.69) is 56.8 Å². The van der Waals surface area contributed by atoms with Crippen LogP contribution in [0.3, 0.4) is 0 Å². The van der Waals surface area contributed by atoms with Crippen LogP contribution in [-0.2, 0) is 32.2 Å². The van der Waals surface area contributed by atoms with Crippen molar-refractivity contribution in [1.82, 2.24) is 20.4 Å². The summed E-state index contributed by atoms with van der Waals surface area (Å²) in [5, 5.41) is 14.9. The number of aliphatic hydroxyl groups is 1. The molecule has 0 radical (unpaired) electrons. The second-order valence-electron chi connectivity index (χ2n) is 13.3. The molecule has 0 bridgehead atoms. The number of likely N-dealkylation sites (tertiary alicyclic amines) is 2. The Hall–Kier alpha value is -3.80. The first-order valence-corrected chi connectivity index (χ1v) is 17.8. The minimum Gasteiger partial charge on any atom is -0.465 e. The third-order valence-corrected chi connectivity index (χ3v) is 9.79. The fraction of sp³-hybridized carbons (Fsp3) is 0.487. The molecule has 3 saturated heterocycles. The van der Waals surface area contributed by atoms with E-state index < -0.39 is 18.3 Å². The van der Waals surface area contributed by atoms with E-state index in [1.54, 1.807) is 6.92 Å². The Morgan fingerprint density at radius 2 is 1.63 bits per heavy atom. The molecule has 3 aromatic carbocycles. The van der Waals surface area contributed by atoms with Gasteiger partial charge in [0.25, 0.3) is 0 Å². The molecule has 2 amide bonds. The lowest BCUT2D eigenvalue weighted by molar-refractivity contribution is -0.253. The molecular formula is C39H50N4O6. The summed E-state index contributed by atoms with van der Waals surface area (Å²) < 4.78 is 18.3. The zero-order valence-corrected chi connectivity index (χ0v) is 28.5. The molecule has 0 aliphatic carbocycles. The molecule has 0 saturated carbocycles. The average molecular weight is 671 g/mol. The van der Waals surface area contributed by atoms with Crippen molar-refractivity contribution < 1.29 is 28.9 Å². The van der Waals surface area contributed by atoms with Crippen LogP contribution in [0.1, 0.15) is 73.7 Å². The first kappa shape index (κ1) is 35.0. The maximum Gasteiger partial charge on any atom is 0.325 e. The molecule has 262 valence electrons. The van der Waals surface area contributed by atoms with E-state index in [0.29, 0.717) is 12.6 Å². The van der Waals surface area contributed by atoms with E-state index in [1.165, 1.54) is 38.8 Å². The van der Waals surface area contributed by atoms with Gasteiger partial charge in [-0.1, -0.05) is 60.7 Å². The normalized spacial score (nSPS) is 23.0. The second kappa shape index (κ2) is 17.2. The number of aliphatic hydroxyl groups excluding tert-OH is 1. The highest BCUT2D eigenvalue weighted by molar-refractivity contribution is 5.80. The third-order valence-electron chi connectivity index (χ3n) is 9.79. The largest absolute Gasteiger partial charge is 0.465 e. The van der Waals surface area contributed by atoms with Crippen molar-refractivity contribution in [2.24, 2.45) is 0 Å². The lowest BCUT2D eigenvalue weighted by Gasteiger charge is -2.39. The maximum absolute atomic E-state index is 12.2. The number of nitrogens with one attached hydrogen (secondary N) is 2. The van der Waals surface area contributed by atoms with E-state index >= 15 is 0 Å². The lowest BCUT2D eigenvalue weighted by atomic mass is 9.98. The van der Waals surface area contributed by atoms with Gasteiger partial charge in [0.2, 0.25) is 0 Å². The predicted molar refractivity (Wildman–Crippen MR) is 187 cm³/mol. The topological polar surface area (TPSA) is 113 Å². The molecule has 10 heteroatoms. The van der Waals surface area contributed by atoms with E-state index in [9.17, 15) is 14.7 Å². The highest BCUT2D eigenvalue weighted by Gasteiger charge is 2.36. The zero-order valence-electron chi connectivity index (χ0n) is 28.5. The van der Waals surface area contributed by atoms with Crippen molar-refractivity contribution in [3.05, 3.63) is 95.1 Å². The van der Waals surface area contributed by atoms with Crippen LogP contribution in [0.25, 0.3) is 11.1 Å². The molecule has 3 heterocycles. The molecule has 10 nitrogen and oxygen atoms in total. The Labute approximate surface area is 289 Å². The van der Waals surface area contributed by atoms with Crippen molar-refractivity contribution in [3.63, 3.8) is 0 Å². The van der Waals surface area contributed by atoms with E-state index in [0.717, 1.165) is 59.4 Å². The van der Waals surface area contributed by atoms with Crippen LogP contribution in [0.2, 0.25) is 0 Å². The fourth-order valence-corrected chi connectivity index (χ4v) is 7.24. The van der Waals surface area contributed by atoms with Crippen molar-refractivity contribution in [2.45, 2.75) is 76.7 Å². The zero-order chi connectivity index (χ0) is 34.0. The number of urea groups is 1. The quantitative estimate of drug-likeness (QED) is 0.210. The Morgan fingerprint density at radius 3 is 2.41 bits per heavy atom. The van der Waals surface area contributed by atoms with Gasteiger partial charge in [-0.2, -0.15) is 0 Å². The summed E-state index contributed by atoms with van der Waals surface area (Å²) in [7, 11) is 0. The van der Waals surface area contributed by atoms with Crippen molar-refractivity contribution in [3.8, 4) is 11.1 Å². The molecule has 3 N–H and O–H groups in total. The first-order chi connectivity index (χ1) is 24.0. The van der Waals surface area contributed by atoms with Crippen LogP contribution in [0.15, 0.2) is 72.8 Å². The van der Waals surface area contributed by atoms with Crippen LogP contribution in [-0.4, -0.2) is 84.9 Å². The van der Waals surface area contributed by atoms with Crippen LogP contribution >= 0.6 is 0 Å². The van der Waals surface area contributed by atoms with Crippen LogP contribution in [0, 0.1) is 0 Å². The number of ether oxygens (including phenoxy) is 3. The molecule has 3 aliphatic heterocycles. The molecule has 6 rings (SSSR count). The minimum absolute atomic E-state index is 0.00785. The van der Waals surface area contributed by atoms with E-state index in [4.69, 9.17) is 14.2 Å². The van der Waals surface area contributed by atoms with Gasteiger partial charge in [0, 0.05) is 37.7 Å². The number of carbonyl (C=O) groups is 2. The van der Waals surface area contributed by atoms with Gasteiger partial charge in [-0.15, -0.1) is 0 Å². The molecule has 3 fully saturated rings. The third kappa shape index (κ3) is 9.67. The number of amides is 2. The summed E-state index contributed by atoms with van der Waals surface area (Å²) in [5.74, 6) is -0.472. The molecule has 4 atom stereocenters. The summed E-state index contributed by atoms with van der Waals surface area (Å²) in [6.45, 7) is 7.71. The van der Waals surface area contributed by atoms with Crippen LogP contribution < -0.4 is 10.6 Å². The Balaban J connectivity index is 1.15. The first-order valence-electron chi connectivity index (χ1n) is 17.8. The number of hydrogen-bond donors (Lipinski definition) is 3. The number of benzene rings is 3. The maximum atomic E-state index is 12.2. The van der Waals surface area contributed by atoms with Crippen molar-refractivity contribution >= 4 is 12.0 Å². The van der Waals surface area contributed by atoms with Gasteiger partial charge in [-0.3, -0.25) is 9.69 Å². The van der Waals surface area contributed by atoms with Gasteiger partial charge in [0.1, 0.15) is 6.54 Å². The van der Waals surface area contributed by atoms with Gasteiger partial charge in [0.05, 0.1) is 25.4 Å². The van der Waals surface area contributed by atoms with Gasteiger partial charge in [-0.25, -0.2) is 4.79 Å². The van der Waals surface area contributed by atoms with Crippen molar-refractivity contribution in [1.29, 1.82) is 0 Å². The highest BCUT2D eigenvalue weighted by Crippen LogP contribution is 2.39. The summed E-state index contributed by atoms with van der Waals surface area (Å²) in [5.41, 5.74) is 5.89. The Bertz CT molecular complexity index is 1530. The van der Waals surface area contributed by atoms with Crippen LogP contribution in [0.4, 0.5) is 4.79 Å². The number of carbonyl (C=O) groups excluding carboxylic acids is 2. The number of hydrogen-bond acceptors (Lipinski definition) is 8. The lowest BCUT2D eigenvalue weighted by Crippen LogP contribution is -2.45. The van der Waals surface area contributed by atoms with Crippen LogP contribution in [0.5, 0.6) is 0 Å². The Kier molecular flexibility index (Phi) is 12.3.